The molecule has 7 heteroatoms. The average Bonchev–Trinajstić information content (AvgIpc) is 2.42. The van der Waals surface area contributed by atoms with Gasteiger partial charge in [0.25, 0.3) is 0 Å². The van der Waals surface area contributed by atoms with Gasteiger partial charge in [-0.15, -0.1) is 13.2 Å². The second-order valence-electron chi connectivity index (χ2n) is 4.97. The number of nitrogens with zero attached hydrogens (tertiary/aromatic N) is 1. The van der Waals surface area contributed by atoms with E-state index in [4.69, 9.17) is 0 Å². The molecule has 0 aromatic heterocycles. The number of alkyl halides is 3. The maximum absolute atomic E-state index is 12.6. The molecule has 1 aromatic carbocycles. The largest absolute Gasteiger partial charge is 0.573 e. The van der Waals surface area contributed by atoms with Crippen molar-refractivity contribution in [2.75, 3.05) is 32.1 Å². The number of hydrogen-bond donors (Lipinski definition) is 1. The third-order valence-corrected chi connectivity index (χ3v) is 4.67. The highest BCUT2D eigenvalue weighted by Gasteiger charge is 2.35. The van der Waals surface area contributed by atoms with E-state index in [0.29, 0.717) is 5.56 Å². The highest BCUT2D eigenvalue weighted by Crippen LogP contribution is 2.34. The van der Waals surface area contributed by atoms with Gasteiger partial charge in [0.15, 0.2) is 0 Å². The summed E-state index contributed by atoms with van der Waals surface area (Å²) in [4.78, 5) is 2.18. The van der Waals surface area contributed by atoms with Crippen LogP contribution in [0.2, 0.25) is 0 Å². The van der Waals surface area contributed by atoms with Crippen molar-refractivity contribution in [1.29, 1.82) is 0 Å². The van der Waals surface area contributed by atoms with Crippen LogP contribution in [0.1, 0.15) is 11.6 Å². The van der Waals surface area contributed by atoms with Crippen LogP contribution < -0.4 is 10.1 Å². The van der Waals surface area contributed by atoms with Gasteiger partial charge in [0.2, 0.25) is 0 Å². The van der Waals surface area contributed by atoms with Gasteiger partial charge in [0, 0.05) is 29.7 Å². The summed E-state index contributed by atoms with van der Waals surface area (Å²) in [6.45, 7) is 0.926. The predicted octanol–water partition coefficient (Wildman–Crippen LogP) is 2.89. The number of thioether (sulfide) groups is 1. The smallest absolute Gasteiger partial charge is 0.405 e. The molecule has 1 saturated heterocycles. The van der Waals surface area contributed by atoms with E-state index in [1.165, 1.54) is 6.07 Å². The molecule has 0 amide bonds. The zero-order chi connectivity index (χ0) is 15.5. The van der Waals surface area contributed by atoms with Crippen LogP contribution in [0.4, 0.5) is 13.2 Å². The van der Waals surface area contributed by atoms with Crippen molar-refractivity contribution in [2.24, 2.45) is 0 Å². The first kappa shape index (κ1) is 16.5. The van der Waals surface area contributed by atoms with Crippen LogP contribution in [0, 0.1) is 0 Å². The second kappa shape index (κ2) is 6.89. The molecule has 0 radical (unpaired) electrons. The van der Waals surface area contributed by atoms with E-state index in [-0.39, 0.29) is 17.8 Å². The van der Waals surface area contributed by atoms with E-state index in [2.05, 4.69) is 15.0 Å². The Hall–Kier alpha value is -0.920. The number of ether oxygens (including phenoxy) is 1. The quantitative estimate of drug-likeness (QED) is 0.922. The Morgan fingerprint density at radius 3 is 2.71 bits per heavy atom. The van der Waals surface area contributed by atoms with Crippen molar-refractivity contribution in [3.8, 4) is 5.75 Å². The number of benzene rings is 1. The van der Waals surface area contributed by atoms with E-state index in [9.17, 15) is 13.2 Å². The second-order valence-corrected chi connectivity index (χ2v) is 6.12. The lowest BCUT2D eigenvalue weighted by Crippen LogP contribution is -2.47. The van der Waals surface area contributed by atoms with Crippen LogP contribution in [0.5, 0.6) is 5.75 Å². The molecule has 0 aliphatic carbocycles. The summed E-state index contributed by atoms with van der Waals surface area (Å²) in [6.07, 6.45) is -4.68. The molecule has 1 fully saturated rings. The van der Waals surface area contributed by atoms with Crippen LogP contribution >= 0.6 is 11.8 Å². The number of halogens is 3. The molecule has 1 aliphatic heterocycles. The number of rotatable bonds is 4. The number of para-hydroxylation sites is 1. The normalized spacial score (nSPS) is 22.0. The van der Waals surface area contributed by atoms with Crippen molar-refractivity contribution in [2.45, 2.75) is 18.4 Å². The maximum atomic E-state index is 12.6. The zero-order valence-electron chi connectivity index (χ0n) is 12.0. The molecular weight excluding hydrogens is 301 g/mol. The molecule has 0 saturated carbocycles. The fourth-order valence-electron chi connectivity index (χ4n) is 2.57. The van der Waals surface area contributed by atoms with Crippen molar-refractivity contribution in [3.63, 3.8) is 0 Å². The standard InChI is InChI=1S/C14H19F3N2OS/c1-18-13(11-9-21-8-7-19(11)2)10-5-3-4-6-12(10)20-14(15,16)17/h3-6,11,13,18H,7-9H2,1-2H3. The van der Waals surface area contributed by atoms with Crippen LogP contribution in [-0.4, -0.2) is 49.4 Å². The first-order chi connectivity index (χ1) is 9.92. The molecule has 118 valence electrons. The van der Waals surface area contributed by atoms with Crippen LogP contribution in [0.3, 0.4) is 0 Å². The molecule has 2 rings (SSSR count). The predicted molar refractivity (Wildman–Crippen MR) is 78.7 cm³/mol. The molecule has 0 bridgehead atoms. The summed E-state index contributed by atoms with van der Waals surface area (Å²) < 4.78 is 41.8. The fraction of sp³-hybridized carbons (Fsp3) is 0.571. The molecule has 1 heterocycles. The molecule has 0 spiro atoms. The van der Waals surface area contributed by atoms with Gasteiger partial charge in [-0.3, -0.25) is 4.90 Å². The highest BCUT2D eigenvalue weighted by atomic mass is 32.2. The van der Waals surface area contributed by atoms with Crippen molar-refractivity contribution in [3.05, 3.63) is 29.8 Å². The minimum Gasteiger partial charge on any atom is -0.405 e. The maximum Gasteiger partial charge on any atom is 0.573 e. The number of nitrogens with one attached hydrogen (secondary N) is 1. The van der Waals surface area contributed by atoms with Gasteiger partial charge < -0.3 is 10.1 Å². The monoisotopic (exact) mass is 320 g/mol. The third kappa shape index (κ3) is 4.28. The van der Waals surface area contributed by atoms with Gasteiger partial charge in [0.05, 0.1) is 6.04 Å². The zero-order valence-corrected chi connectivity index (χ0v) is 12.8. The van der Waals surface area contributed by atoms with E-state index >= 15 is 0 Å². The molecular formula is C14H19F3N2OS. The van der Waals surface area contributed by atoms with E-state index in [0.717, 1.165) is 18.1 Å². The van der Waals surface area contributed by atoms with Gasteiger partial charge in [-0.25, -0.2) is 0 Å². The molecule has 1 aromatic rings. The highest BCUT2D eigenvalue weighted by molar-refractivity contribution is 7.99. The minimum absolute atomic E-state index is 0.131. The SMILES string of the molecule is CNC(c1ccccc1OC(F)(F)F)C1CSCCN1C. The molecule has 1 aliphatic rings. The van der Waals surface area contributed by atoms with Gasteiger partial charge in [-0.05, 0) is 20.2 Å². The number of likely N-dealkylation sites (N-methyl/N-ethyl adjacent to an activating group) is 2. The van der Waals surface area contributed by atoms with Crippen LogP contribution in [0.15, 0.2) is 24.3 Å². The molecule has 2 unspecified atom stereocenters. The lowest BCUT2D eigenvalue weighted by Gasteiger charge is -2.38. The first-order valence-corrected chi connectivity index (χ1v) is 7.88. The van der Waals surface area contributed by atoms with Crippen molar-refractivity contribution in [1.82, 2.24) is 10.2 Å². The summed E-state index contributed by atoms with van der Waals surface area (Å²) >= 11 is 1.82. The summed E-state index contributed by atoms with van der Waals surface area (Å²) in [7, 11) is 3.77. The average molecular weight is 320 g/mol. The lowest BCUT2D eigenvalue weighted by atomic mass is 9.98. The Balaban J connectivity index is 2.29. The van der Waals surface area contributed by atoms with Crippen LogP contribution in [0.25, 0.3) is 0 Å². The molecule has 2 atom stereocenters. The summed E-state index contributed by atoms with van der Waals surface area (Å²) in [5.74, 6) is 1.79. The lowest BCUT2D eigenvalue weighted by molar-refractivity contribution is -0.275. The Labute approximate surface area is 126 Å². The minimum atomic E-state index is -4.68. The molecule has 3 nitrogen and oxygen atoms in total. The first-order valence-electron chi connectivity index (χ1n) is 6.72. The number of hydrogen-bond acceptors (Lipinski definition) is 4. The summed E-state index contributed by atoms with van der Waals surface area (Å²) in [5, 5.41) is 3.14. The topological polar surface area (TPSA) is 24.5 Å². The fourth-order valence-corrected chi connectivity index (χ4v) is 3.84. The van der Waals surface area contributed by atoms with Gasteiger partial charge >= 0.3 is 6.36 Å². The van der Waals surface area contributed by atoms with Crippen LogP contribution in [-0.2, 0) is 0 Å². The third-order valence-electron chi connectivity index (χ3n) is 3.62. The summed E-state index contributed by atoms with van der Waals surface area (Å²) in [6, 6.07) is 6.27. The van der Waals surface area contributed by atoms with E-state index in [1.54, 1.807) is 25.2 Å². The van der Waals surface area contributed by atoms with E-state index < -0.39 is 6.36 Å². The Bertz CT molecular complexity index is 470. The van der Waals surface area contributed by atoms with E-state index in [1.807, 2.05) is 18.8 Å². The Morgan fingerprint density at radius 2 is 2.10 bits per heavy atom. The van der Waals surface area contributed by atoms with Gasteiger partial charge in [-0.2, -0.15) is 11.8 Å². The Morgan fingerprint density at radius 1 is 1.38 bits per heavy atom. The summed E-state index contributed by atoms with van der Waals surface area (Å²) in [5.41, 5.74) is 0.539. The van der Waals surface area contributed by atoms with Crippen molar-refractivity contribution < 1.29 is 17.9 Å². The molecule has 1 N–H and O–H groups in total. The van der Waals surface area contributed by atoms with Crippen molar-refractivity contribution >= 4 is 11.8 Å². The molecule has 21 heavy (non-hydrogen) atoms. The Kier molecular flexibility index (Phi) is 5.40. The van der Waals surface area contributed by atoms with Gasteiger partial charge in [0.1, 0.15) is 5.75 Å². The van der Waals surface area contributed by atoms with Gasteiger partial charge in [-0.1, -0.05) is 18.2 Å².